The molecule has 1 heterocycles. The third-order valence-electron chi connectivity index (χ3n) is 3.74. The summed E-state index contributed by atoms with van der Waals surface area (Å²) >= 11 is 3.51. The fraction of sp³-hybridized carbons (Fsp3) is 0.375. The van der Waals surface area contributed by atoms with Crippen molar-refractivity contribution in [3.63, 3.8) is 0 Å². The maximum Gasteiger partial charge on any atom is 0.0469 e. The Kier molecular flexibility index (Phi) is 4.04. The number of halogens is 1. The van der Waals surface area contributed by atoms with Crippen LogP contribution in [0.1, 0.15) is 12.8 Å². The van der Waals surface area contributed by atoms with Gasteiger partial charge in [-0.3, -0.25) is 0 Å². The Morgan fingerprint density at radius 1 is 1.05 bits per heavy atom. The first-order valence-corrected chi connectivity index (χ1v) is 7.61. The van der Waals surface area contributed by atoms with Gasteiger partial charge >= 0.3 is 0 Å². The molecule has 0 saturated carbocycles. The van der Waals surface area contributed by atoms with Gasteiger partial charge in [-0.1, -0.05) is 28.1 Å². The second-order valence-corrected chi connectivity index (χ2v) is 6.06. The molecule has 100 valence electrons. The first kappa shape index (κ1) is 12.9. The zero-order valence-electron chi connectivity index (χ0n) is 10.9. The van der Waals surface area contributed by atoms with Crippen LogP contribution in [0.2, 0.25) is 0 Å². The van der Waals surface area contributed by atoms with Crippen LogP contribution in [0, 0.1) is 5.92 Å². The van der Waals surface area contributed by atoms with E-state index in [1.807, 2.05) is 0 Å². The zero-order chi connectivity index (χ0) is 13.1. The van der Waals surface area contributed by atoms with Gasteiger partial charge in [-0.25, -0.2) is 0 Å². The van der Waals surface area contributed by atoms with E-state index in [4.69, 9.17) is 4.74 Å². The van der Waals surface area contributed by atoms with Gasteiger partial charge in [0.05, 0.1) is 0 Å². The molecule has 0 atom stereocenters. The SMILES string of the molecule is Brc1ccc2cc(NCC3CCOCC3)ccc2c1. The molecule has 0 aromatic heterocycles. The molecule has 1 aliphatic rings. The average molecular weight is 320 g/mol. The number of ether oxygens (including phenoxy) is 1. The summed E-state index contributed by atoms with van der Waals surface area (Å²) in [4.78, 5) is 0. The predicted octanol–water partition coefficient (Wildman–Crippen LogP) is 4.44. The Hall–Kier alpha value is -1.06. The second-order valence-electron chi connectivity index (χ2n) is 5.14. The number of hydrogen-bond acceptors (Lipinski definition) is 2. The van der Waals surface area contributed by atoms with Crippen molar-refractivity contribution in [1.82, 2.24) is 0 Å². The second kappa shape index (κ2) is 5.93. The van der Waals surface area contributed by atoms with Crippen molar-refractivity contribution >= 4 is 32.4 Å². The molecule has 2 nitrogen and oxygen atoms in total. The predicted molar refractivity (Wildman–Crippen MR) is 83.7 cm³/mol. The molecule has 0 bridgehead atoms. The van der Waals surface area contributed by atoms with Crippen LogP contribution < -0.4 is 5.32 Å². The first-order chi connectivity index (χ1) is 9.31. The van der Waals surface area contributed by atoms with E-state index in [-0.39, 0.29) is 0 Å². The molecule has 0 unspecified atom stereocenters. The Morgan fingerprint density at radius 3 is 2.63 bits per heavy atom. The van der Waals surface area contributed by atoms with Crippen molar-refractivity contribution in [2.45, 2.75) is 12.8 Å². The van der Waals surface area contributed by atoms with Crippen molar-refractivity contribution in [2.75, 3.05) is 25.1 Å². The normalized spacial score (nSPS) is 16.7. The van der Waals surface area contributed by atoms with Crippen LogP contribution in [0.25, 0.3) is 10.8 Å². The maximum absolute atomic E-state index is 5.39. The zero-order valence-corrected chi connectivity index (χ0v) is 12.4. The number of benzene rings is 2. The Labute approximate surface area is 122 Å². The monoisotopic (exact) mass is 319 g/mol. The standard InChI is InChI=1S/C16H18BrNO/c17-15-3-1-14-10-16(4-2-13(14)9-15)18-11-12-5-7-19-8-6-12/h1-4,9-10,12,18H,5-8,11H2. The van der Waals surface area contributed by atoms with Crippen LogP contribution in [0.3, 0.4) is 0 Å². The summed E-state index contributed by atoms with van der Waals surface area (Å²) in [5.74, 6) is 0.745. The lowest BCUT2D eigenvalue weighted by atomic mass is 10.0. The van der Waals surface area contributed by atoms with Gasteiger partial charge in [0.15, 0.2) is 0 Å². The van der Waals surface area contributed by atoms with E-state index in [2.05, 4.69) is 57.6 Å². The minimum Gasteiger partial charge on any atom is -0.385 e. The van der Waals surface area contributed by atoms with E-state index < -0.39 is 0 Å². The first-order valence-electron chi connectivity index (χ1n) is 6.82. The van der Waals surface area contributed by atoms with E-state index in [0.29, 0.717) is 0 Å². The maximum atomic E-state index is 5.39. The molecular formula is C16H18BrNO. The highest BCUT2D eigenvalue weighted by Crippen LogP contribution is 2.23. The van der Waals surface area contributed by atoms with E-state index in [0.717, 1.165) is 30.1 Å². The van der Waals surface area contributed by atoms with Crippen molar-refractivity contribution in [1.29, 1.82) is 0 Å². The van der Waals surface area contributed by atoms with Gasteiger partial charge in [-0.2, -0.15) is 0 Å². The Morgan fingerprint density at radius 2 is 1.79 bits per heavy atom. The van der Waals surface area contributed by atoms with Crippen LogP contribution >= 0.6 is 15.9 Å². The fourth-order valence-electron chi connectivity index (χ4n) is 2.54. The largest absolute Gasteiger partial charge is 0.385 e. The molecule has 1 fully saturated rings. The number of anilines is 1. The molecule has 2 aromatic rings. The lowest BCUT2D eigenvalue weighted by Gasteiger charge is -2.22. The number of rotatable bonds is 3. The fourth-order valence-corrected chi connectivity index (χ4v) is 2.92. The molecule has 1 saturated heterocycles. The highest BCUT2D eigenvalue weighted by atomic mass is 79.9. The van der Waals surface area contributed by atoms with Crippen LogP contribution in [-0.2, 0) is 4.74 Å². The molecule has 0 amide bonds. The summed E-state index contributed by atoms with van der Waals surface area (Å²) in [6.07, 6.45) is 2.35. The van der Waals surface area contributed by atoms with Crippen LogP contribution in [0.5, 0.6) is 0 Å². The minimum absolute atomic E-state index is 0.745. The highest BCUT2D eigenvalue weighted by molar-refractivity contribution is 9.10. The quantitative estimate of drug-likeness (QED) is 0.903. The summed E-state index contributed by atoms with van der Waals surface area (Å²) < 4.78 is 6.52. The number of nitrogens with one attached hydrogen (secondary N) is 1. The number of fused-ring (bicyclic) bond motifs is 1. The van der Waals surface area contributed by atoms with Gasteiger partial charge < -0.3 is 10.1 Å². The molecule has 1 aliphatic heterocycles. The minimum atomic E-state index is 0.745. The van der Waals surface area contributed by atoms with Gasteiger partial charge in [-0.05, 0) is 53.8 Å². The van der Waals surface area contributed by atoms with E-state index >= 15 is 0 Å². The molecule has 0 radical (unpaired) electrons. The molecule has 0 spiro atoms. The molecule has 2 aromatic carbocycles. The molecule has 0 aliphatic carbocycles. The highest BCUT2D eigenvalue weighted by Gasteiger charge is 2.13. The van der Waals surface area contributed by atoms with Gasteiger partial charge in [0, 0.05) is 29.9 Å². The van der Waals surface area contributed by atoms with E-state index in [1.165, 1.54) is 29.3 Å². The topological polar surface area (TPSA) is 21.3 Å². The van der Waals surface area contributed by atoms with E-state index in [9.17, 15) is 0 Å². The van der Waals surface area contributed by atoms with Crippen molar-refractivity contribution in [3.8, 4) is 0 Å². The summed E-state index contributed by atoms with van der Waals surface area (Å²) in [6, 6.07) is 12.9. The average Bonchev–Trinajstić information content (AvgIpc) is 2.46. The van der Waals surface area contributed by atoms with E-state index in [1.54, 1.807) is 0 Å². The van der Waals surface area contributed by atoms with Gasteiger partial charge in [0.2, 0.25) is 0 Å². The summed E-state index contributed by atoms with van der Waals surface area (Å²) in [7, 11) is 0. The van der Waals surface area contributed by atoms with Crippen molar-refractivity contribution in [3.05, 3.63) is 40.9 Å². The molecule has 3 rings (SSSR count). The smallest absolute Gasteiger partial charge is 0.0469 e. The molecule has 1 N–H and O–H groups in total. The van der Waals surface area contributed by atoms with Gasteiger partial charge in [0.1, 0.15) is 0 Å². The summed E-state index contributed by atoms with van der Waals surface area (Å²) in [6.45, 7) is 2.88. The summed E-state index contributed by atoms with van der Waals surface area (Å²) in [5, 5.41) is 6.10. The van der Waals surface area contributed by atoms with Crippen LogP contribution in [0.4, 0.5) is 5.69 Å². The molecule has 3 heteroatoms. The van der Waals surface area contributed by atoms with Crippen molar-refractivity contribution < 1.29 is 4.74 Å². The summed E-state index contributed by atoms with van der Waals surface area (Å²) in [5.41, 5.74) is 1.21. The third kappa shape index (κ3) is 3.28. The van der Waals surface area contributed by atoms with Crippen LogP contribution in [0.15, 0.2) is 40.9 Å². The third-order valence-corrected chi connectivity index (χ3v) is 4.23. The van der Waals surface area contributed by atoms with Gasteiger partial charge in [0.25, 0.3) is 0 Å². The Balaban J connectivity index is 1.69. The molecule has 19 heavy (non-hydrogen) atoms. The Bertz CT molecular complexity index is 564. The molecular weight excluding hydrogens is 302 g/mol. The van der Waals surface area contributed by atoms with Crippen LogP contribution in [-0.4, -0.2) is 19.8 Å². The van der Waals surface area contributed by atoms with Crippen molar-refractivity contribution in [2.24, 2.45) is 5.92 Å². The lowest BCUT2D eigenvalue weighted by Crippen LogP contribution is -2.22. The van der Waals surface area contributed by atoms with Gasteiger partial charge in [-0.15, -0.1) is 0 Å². The number of hydrogen-bond donors (Lipinski definition) is 1. The lowest BCUT2D eigenvalue weighted by molar-refractivity contribution is 0.0699.